The summed E-state index contributed by atoms with van der Waals surface area (Å²) in [5, 5.41) is 0.0541. The number of rotatable bonds is 4. The Morgan fingerprint density at radius 1 is 1.28 bits per heavy atom. The molecule has 0 aliphatic carbocycles. The number of hydrogen-bond donors (Lipinski definition) is 0. The van der Waals surface area contributed by atoms with Crippen molar-refractivity contribution in [3.63, 3.8) is 0 Å². The molecule has 1 amide bonds. The van der Waals surface area contributed by atoms with E-state index >= 15 is 0 Å². The number of carbonyl (C=O) groups excluding carboxylic acids is 2. The molecule has 1 aromatic carbocycles. The van der Waals surface area contributed by atoms with Gasteiger partial charge < -0.3 is 14.4 Å². The number of hydrogen-bond acceptors (Lipinski definition) is 6. The Hall–Kier alpha value is -1.64. The zero-order chi connectivity index (χ0) is 18.8. The first-order chi connectivity index (χ1) is 11.6. The molecular weight excluding hydrogens is 370 g/mol. The smallest absolute Gasteiger partial charge is 0.340 e. The van der Waals surface area contributed by atoms with Crippen molar-refractivity contribution < 1.29 is 27.5 Å². The van der Waals surface area contributed by atoms with Crippen LogP contribution in [0.5, 0.6) is 0 Å². The molecule has 0 bridgehead atoms. The van der Waals surface area contributed by atoms with Crippen molar-refractivity contribution in [2.45, 2.75) is 31.0 Å². The van der Waals surface area contributed by atoms with Crippen LogP contribution < -0.4 is 0 Å². The van der Waals surface area contributed by atoms with Gasteiger partial charge in [0.05, 0.1) is 27.7 Å². The third-order valence-corrected chi connectivity index (χ3v) is 5.12. The Labute approximate surface area is 151 Å². The average Bonchev–Trinajstić information content (AvgIpc) is 2.50. The van der Waals surface area contributed by atoms with Crippen molar-refractivity contribution in [2.24, 2.45) is 0 Å². The summed E-state index contributed by atoms with van der Waals surface area (Å²) in [4.78, 5) is 25.9. The molecule has 138 valence electrons. The molecule has 0 aromatic heterocycles. The Morgan fingerprint density at radius 2 is 1.88 bits per heavy atom. The van der Waals surface area contributed by atoms with Gasteiger partial charge in [-0.25, -0.2) is 13.2 Å². The predicted octanol–water partition coefficient (Wildman–Crippen LogP) is 1.54. The van der Waals surface area contributed by atoms with Crippen LogP contribution in [0.4, 0.5) is 0 Å². The van der Waals surface area contributed by atoms with Crippen LogP contribution in [0.2, 0.25) is 5.02 Å². The van der Waals surface area contributed by atoms with Gasteiger partial charge in [0.1, 0.15) is 0 Å². The van der Waals surface area contributed by atoms with E-state index < -0.39 is 22.4 Å². The van der Waals surface area contributed by atoms with E-state index in [0.29, 0.717) is 13.1 Å². The molecule has 1 fully saturated rings. The van der Waals surface area contributed by atoms with Gasteiger partial charge in [-0.15, -0.1) is 0 Å². The van der Waals surface area contributed by atoms with Crippen LogP contribution in [-0.2, 0) is 24.1 Å². The summed E-state index contributed by atoms with van der Waals surface area (Å²) in [6, 6.07) is 3.75. The van der Waals surface area contributed by atoms with Gasteiger partial charge in [0.2, 0.25) is 0 Å². The lowest BCUT2D eigenvalue weighted by Gasteiger charge is -2.35. The van der Waals surface area contributed by atoms with E-state index in [0.717, 1.165) is 12.3 Å². The monoisotopic (exact) mass is 389 g/mol. The molecule has 1 aliphatic rings. The van der Waals surface area contributed by atoms with Gasteiger partial charge in [-0.1, -0.05) is 11.6 Å². The standard InChI is InChI=1S/C16H20ClNO6S/c1-10-7-18(8-11(2)24-10)15(19)9-23-16(20)13-6-12(25(3,21)22)4-5-14(13)17/h4-6,10-11H,7-9H2,1-3H3/t10-,11-/m1/s1. The third-order valence-electron chi connectivity index (χ3n) is 3.68. The summed E-state index contributed by atoms with van der Waals surface area (Å²) in [6.45, 7) is 4.12. The summed E-state index contributed by atoms with van der Waals surface area (Å²) in [5.74, 6) is -1.19. The number of carbonyl (C=O) groups is 2. The fourth-order valence-corrected chi connectivity index (χ4v) is 3.41. The van der Waals surface area contributed by atoms with Gasteiger partial charge in [0, 0.05) is 19.3 Å². The SMILES string of the molecule is C[C@@H]1CN(C(=O)COC(=O)c2cc(S(C)(=O)=O)ccc2Cl)C[C@@H](C)O1. The fourth-order valence-electron chi connectivity index (χ4n) is 2.57. The molecule has 0 unspecified atom stereocenters. The van der Waals surface area contributed by atoms with Crippen LogP contribution in [0.3, 0.4) is 0 Å². The van der Waals surface area contributed by atoms with Crippen molar-refractivity contribution >= 4 is 33.3 Å². The van der Waals surface area contributed by atoms with Crippen LogP contribution >= 0.6 is 11.6 Å². The Kier molecular flexibility index (Phi) is 6.08. The van der Waals surface area contributed by atoms with E-state index in [4.69, 9.17) is 21.1 Å². The fraction of sp³-hybridized carbons (Fsp3) is 0.500. The molecular formula is C16H20ClNO6S. The quantitative estimate of drug-likeness (QED) is 0.725. The van der Waals surface area contributed by atoms with E-state index in [1.807, 2.05) is 13.8 Å². The predicted molar refractivity (Wildman–Crippen MR) is 91.4 cm³/mol. The van der Waals surface area contributed by atoms with E-state index in [2.05, 4.69) is 0 Å². The lowest BCUT2D eigenvalue weighted by molar-refractivity contribution is -0.146. The molecule has 7 nitrogen and oxygen atoms in total. The topological polar surface area (TPSA) is 90.0 Å². The Morgan fingerprint density at radius 3 is 2.44 bits per heavy atom. The van der Waals surface area contributed by atoms with E-state index in [-0.39, 0.29) is 33.6 Å². The summed E-state index contributed by atoms with van der Waals surface area (Å²) in [6.07, 6.45) is 0.837. The number of ether oxygens (including phenoxy) is 2. The zero-order valence-corrected chi connectivity index (χ0v) is 15.8. The van der Waals surface area contributed by atoms with Crippen LogP contribution in [-0.4, -0.2) is 63.4 Å². The molecule has 25 heavy (non-hydrogen) atoms. The first-order valence-electron chi connectivity index (χ1n) is 7.68. The largest absolute Gasteiger partial charge is 0.452 e. The van der Waals surface area contributed by atoms with Crippen LogP contribution in [0.1, 0.15) is 24.2 Å². The highest BCUT2D eigenvalue weighted by atomic mass is 35.5. The summed E-state index contributed by atoms with van der Waals surface area (Å²) in [7, 11) is -3.49. The maximum Gasteiger partial charge on any atom is 0.340 e. The normalized spacial score (nSPS) is 21.0. The van der Waals surface area contributed by atoms with E-state index in [1.54, 1.807) is 4.90 Å². The number of esters is 1. The first-order valence-corrected chi connectivity index (χ1v) is 9.95. The van der Waals surface area contributed by atoms with Crippen molar-refractivity contribution in [2.75, 3.05) is 26.0 Å². The van der Waals surface area contributed by atoms with Gasteiger partial charge in [-0.05, 0) is 32.0 Å². The van der Waals surface area contributed by atoms with Crippen LogP contribution in [0.25, 0.3) is 0 Å². The first kappa shape index (κ1) is 19.7. The molecule has 0 radical (unpaired) electrons. The van der Waals surface area contributed by atoms with Crippen molar-refractivity contribution in [1.82, 2.24) is 4.90 Å². The highest BCUT2D eigenvalue weighted by molar-refractivity contribution is 7.90. The van der Waals surface area contributed by atoms with E-state index in [1.165, 1.54) is 12.1 Å². The van der Waals surface area contributed by atoms with Gasteiger partial charge in [0.15, 0.2) is 16.4 Å². The van der Waals surface area contributed by atoms with Gasteiger partial charge in [0.25, 0.3) is 5.91 Å². The third kappa shape index (κ3) is 5.17. The molecule has 1 aliphatic heterocycles. The molecule has 9 heteroatoms. The number of morpholine rings is 1. The molecule has 0 N–H and O–H groups in total. The van der Waals surface area contributed by atoms with Crippen molar-refractivity contribution in [1.29, 1.82) is 0 Å². The molecule has 0 saturated carbocycles. The van der Waals surface area contributed by atoms with Gasteiger partial charge in [-0.2, -0.15) is 0 Å². The lowest BCUT2D eigenvalue weighted by atomic mass is 10.2. The van der Waals surface area contributed by atoms with E-state index in [9.17, 15) is 18.0 Å². The lowest BCUT2D eigenvalue weighted by Crippen LogP contribution is -2.49. The second-order valence-electron chi connectivity index (χ2n) is 6.05. The van der Waals surface area contributed by atoms with Crippen molar-refractivity contribution in [3.05, 3.63) is 28.8 Å². The minimum Gasteiger partial charge on any atom is -0.452 e. The van der Waals surface area contributed by atoms with Crippen LogP contribution in [0.15, 0.2) is 23.1 Å². The maximum atomic E-state index is 12.2. The number of halogens is 1. The number of amides is 1. The molecule has 1 aromatic rings. The Balaban J connectivity index is 2.04. The number of sulfone groups is 1. The minimum atomic E-state index is -3.49. The van der Waals surface area contributed by atoms with Gasteiger partial charge >= 0.3 is 5.97 Å². The second kappa shape index (κ2) is 7.72. The summed E-state index contributed by atoms with van der Waals surface area (Å²) in [5.41, 5.74) is -0.0962. The molecule has 0 spiro atoms. The Bertz CT molecular complexity index is 769. The zero-order valence-electron chi connectivity index (χ0n) is 14.2. The molecule has 1 heterocycles. The maximum absolute atomic E-state index is 12.2. The van der Waals surface area contributed by atoms with Gasteiger partial charge in [-0.3, -0.25) is 4.79 Å². The molecule has 2 atom stereocenters. The minimum absolute atomic E-state index is 0.0500. The van der Waals surface area contributed by atoms with Crippen LogP contribution in [0, 0.1) is 0 Å². The molecule has 2 rings (SSSR count). The highest BCUT2D eigenvalue weighted by Gasteiger charge is 2.27. The second-order valence-corrected chi connectivity index (χ2v) is 8.47. The number of nitrogens with zero attached hydrogens (tertiary/aromatic N) is 1. The summed E-state index contributed by atoms with van der Waals surface area (Å²) < 4.78 is 33.7. The highest BCUT2D eigenvalue weighted by Crippen LogP contribution is 2.21. The average molecular weight is 390 g/mol. The van der Waals surface area contributed by atoms with Crippen molar-refractivity contribution in [3.8, 4) is 0 Å². The molecule has 1 saturated heterocycles. The number of benzene rings is 1. The summed E-state index contributed by atoms with van der Waals surface area (Å²) >= 11 is 5.94.